The molecule has 2 aromatic rings. The fourth-order valence-electron chi connectivity index (χ4n) is 2.88. The van der Waals surface area contributed by atoms with Crippen LogP contribution in [0.3, 0.4) is 0 Å². The van der Waals surface area contributed by atoms with E-state index in [4.69, 9.17) is 0 Å². The second kappa shape index (κ2) is 4.99. The minimum atomic E-state index is -0.703. The molecule has 3 heterocycles. The van der Waals surface area contributed by atoms with E-state index in [2.05, 4.69) is 19.9 Å². The van der Waals surface area contributed by atoms with Crippen molar-refractivity contribution in [1.29, 1.82) is 0 Å². The molecule has 7 heteroatoms. The number of hydrogen-bond donors (Lipinski definition) is 2. The molecule has 1 unspecified atom stereocenters. The van der Waals surface area contributed by atoms with Crippen LogP contribution < -0.4 is 4.90 Å². The van der Waals surface area contributed by atoms with Gasteiger partial charge in [0.2, 0.25) is 5.95 Å². The number of aromatic amines is 1. The zero-order valence-corrected chi connectivity index (χ0v) is 11.9. The first-order valence-corrected chi connectivity index (χ1v) is 6.84. The zero-order valence-electron chi connectivity index (χ0n) is 11.9. The van der Waals surface area contributed by atoms with E-state index in [-0.39, 0.29) is 0 Å². The molecule has 1 aliphatic rings. The highest BCUT2D eigenvalue weighted by Crippen LogP contribution is 2.25. The molecular weight excluding hydrogens is 256 g/mol. The number of nitrogens with zero attached hydrogens (tertiary/aromatic N) is 5. The van der Waals surface area contributed by atoms with E-state index in [1.165, 1.54) is 0 Å². The Morgan fingerprint density at radius 1 is 1.45 bits per heavy atom. The number of hydrogen-bond acceptors (Lipinski definition) is 6. The Kier molecular flexibility index (Phi) is 3.31. The van der Waals surface area contributed by atoms with Crippen molar-refractivity contribution in [2.24, 2.45) is 0 Å². The van der Waals surface area contributed by atoms with Gasteiger partial charge in [0.05, 0.1) is 24.7 Å². The Hall–Kier alpha value is -1.73. The van der Waals surface area contributed by atoms with E-state index in [0.717, 1.165) is 24.9 Å². The highest BCUT2D eigenvalue weighted by molar-refractivity contribution is 5.69. The quantitative estimate of drug-likeness (QED) is 0.836. The summed E-state index contributed by atoms with van der Waals surface area (Å²) in [5.74, 6) is 0.640. The summed E-state index contributed by atoms with van der Waals surface area (Å²) in [6, 6.07) is 0. The van der Waals surface area contributed by atoms with Gasteiger partial charge in [-0.3, -0.25) is 0 Å². The van der Waals surface area contributed by atoms with Gasteiger partial charge in [0.15, 0.2) is 5.65 Å². The highest BCUT2D eigenvalue weighted by Gasteiger charge is 2.34. The third-order valence-electron chi connectivity index (χ3n) is 3.61. The average molecular weight is 276 g/mol. The Labute approximate surface area is 117 Å². The van der Waals surface area contributed by atoms with Crippen LogP contribution in [0.1, 0.15) is 12.8 Å². The van der Waals surface area contributed by atoms with Crippen LogP contribution in [0.2, 0.25) is 0 Å². The summed E-state index contributed by atoms with van der Waals surface area (Å²) >= 11 is 0. The topological polar surface area (TPSA) is 81.2 Å². The molecule has 1 fully saturated rings. The molecule has 0 amide bonds. The van der Waals surface area contributed by atoms with Crippen LogP contribution in [0, 0.1) is 0 Å². The van der Waals surface area contributed by atoms with E-state index in [9.17, 15) is 5.11 Å². The minimum absolute atomic E-state index is 0.557. The Balaban J connectivity index is 1.82. The number of aromatic nitrogens is 4. The Morgan fingerprint density at radius 3 is 3.10 bits per heavy atom. The summed E-state index contributed by atoms with van der Waals surface area (Å²) in [5, 5.41) is 10.7. The fourth-order valence-corrected chi connectivity index (χ4v) is 2.88. The van der Waals surface area contributed by atoms with Gasteiger partial charge < -0.3 is 19.9 Å². The van der Waals surface area contributed by atoms with Crippen LogP contribution in [0.25, 0.3) is 11.2 Å². The molecule has 1 saturated heterocycles. The second-order valence-electron chi connectivity index (χ2n) is 5.80. The molecule has 7 nitrogen and oxygen atoms in total. The lowest BCUT2D eigenvalue weighted by Gasteiger charge is -2.40. The van der Waals surface area contributed by atoms with Gasteiger partial charge in [0.1, 0.15) is 5.52 Å². The van der Waals surface area contributed by atoms with Crippen molar-refractivity contribution >= 4 is 17.1 Å². The maximum Gasteiger partial charge on any atom is 0.227 e. The summed E-state index contributed by atoms with van der Waals surface area (Å²) < 4.78 is 0. The predicted molar refractivity (Wildman–Crippen MR) is 76.6 cm³/mol. The van der Waals surface area contributed by atoms with Gasteiger partial charge in [-0.25, -0.2) is 9.97 Å². The maximum absolute atomic E-state index is 10.7. The number of fused-ring (bicyclic) bond motifs is 1. The number of rotatable bonds is 3. The number of β-amino-alcohol motifs (C(OH)–C–C–N with tert-alkyl or cyclic N) is 1. The molecule has 0 spiro atoms. The number of anilines is 1. The van der Waals surface area contributed by atoms with Gasteiger partial charge >= 0.3 is 0 Å². The number of nitrogens with one attached hydrogen (secondary N) is 1. The molecular formula is C13H20N6O. The predicted octanol–water partition coefficient (Wildman–Crippen LogP) is 0.246. The van der Waals surface area contributed by atoms with Crippen LogP contribution in [-0.4, -0.2) is 69.3 Å². The van der Waals surface area contributed by atoms with Crippen molar-refractivity contribution in [1.82, 2.24) is 24.8 Å². The third-order valence-corrected chi connectivity index (χ3v) is 3.61. The lowest BCUT2D eigenvalue weighted by atomic mass is 9.92. The molecule has 0 bridgehead atoms. The molecule has 1 aliphatic heterocycles. The van der Waals surface area contributed by atoms with Gasteiger partial charge in [-0.05, 0) is 26.9 Å². The zero-order chi connectivity index (χ0) is 14.2. The second-order valence-corrected chi connectivity index (χ2v) is 5.80. The van der Waals surface area contributed by atoms with Gasteiger partial charge in [-0.15, -0.1) is 0 Å². The number of likely N-dealkylation sites (N-methyl/N-ethyl adjacent to an activating group) is 1. The molecule has 2 aromatic heterocycles. The van der Waals surface area contributed by atoms with E-state index >= 15 is 0 Å². The van der Waals surface area contributed by atoms with E-state index in [1.54, 1.807) is 12.5 Å². The van der Waals surface area contributed by atoms with E-state index in [0.29, 0.717) is 24.7 Å². The number of imidazole rings is 1. The summed E-state index contributed by atoms with van der Waals surface area (Å²) in [6.07, 6.45) is 5.10. The summed E-state index contributed by atoms with van der Waals surface area (Å²) in [6.45, 7) is 2.07. The smallest absolute Gasteiger partial charge is 0.227 e. The standard InChI is InChI=1S/C13H20N6O/c1-18(2)7-13(20)4-3-5-19(8-13)12-14-6-10-11(17-12)16-9-15-10/h6,9,20H,3-5,7-8H2,1-2H3,(H,14,15,16,17). The first-order chi connectivity index (χ1) is 9.56. The van der Waals surface area contributed by atoms with Crippen LogP contribution in [0.5, 0.6) is 0 Å². The summed E-state index contributed by atoms with van der Waals surface area (Å²) in [5.41, 5.74) is 0.789. The largest absolute Gasteiger partial charge is 0.387 e. The molecule has 2 N–H and O–H groups in total. The van der Waals surface area contributed by atoms with E-state index < -0.39 is 5.60 Å². The summed E-state index contributed by atoms with van der Waals surface area (Å²) in [7, 11) is 3.95. The molecule has 0 radical (unpaired) electrons. The molecule has 108 valence electrons. The van der Waals surface area contributed by atoms with Gasteiger partial charge in [0, 0.05) is 13.1 Å². The molecule has 20 heavy (non-hydrogen) atoms. The molecule has 1 atom stereocenters. The molecule has 0 saturated carbocycles. The first-order valence-electron chi connectivity index (χ1n) is 6.84. The van der Waals surface area contributed by atoms with Gasteiger partial charge in [0.25, 0.3) is 0 Å². The maximum atomic E-state index is 10.7. The van der Waals surface area contributed by atoms with Crippen molar-refractivity contribution in [3.8, 4) is 0 Å². The van der Waals surface area contributed by atoms with Crippen molar-refractivity contribution in [2.45, 2.75) is 18.4 Å². The SMILES string of the molecule is CN(C)CC1(O)CCCN(c2ncc3[nH]cnc3n2)C1. The Morgan fingerprint density at radius 2 is 2.30 bits per heavy atom. The van der Waals surface area contributed by atoms with Crippen molar-refractivity contribution < 1.29 is 5.11 Å². The van der Waals surface area contributed by atoms with Gasteiger partial charge in [-0.2, -0.15) is 4.98 Å². The number of piperidine rings is 1. The molecule has 0 aliphatic carbocycles. The van der Waals surface area contributed by atoms with Crippen molar-refractivity contribution in [3.63, 3.8) is 0 Å². The van der Waals surface area contributed by atoms with Crippen LogP contribution in [0.15, 0.2) is 12.5 Å². The fraction of sp³-hybridized carbons (Fsp3) is 0.615. The lowest BCUT2D eigenvalue weighted by Crippen LogP contribution is -2.53. The first kappa shape index (κ1) is 13.3. The lowest BCUT2D eigenvalue weighted by molar-refractivity contribution is 0.00334. The monoisotopic (exact) mass is 276 g/mol. The highest BCUT2D eigenvalue weighted by atomic mass is 16.3. The third kappa shape index (κ3) is 2.59. The number of H-pyrrole nitrogens is 1. The van der Waals surface area contributed by atoms with Crippen LogP contribution in [0.4, 0.5) is 5.95 Å². The van der Waals surface area contributed by atoms with Crippen molar-refractivity contribution in [3.05, 3.63) is 12.5 Å². The van der Waals surface area contributed by atoms with Crippen molar-refractivity contribution in [2.75, 3.05) is 38.6 Å². The Bertz CT molecular complexity index is 597. The number of aliphatic hydroxyl groups is 1. The minimum Gasteiger partial charge on any atom is -0.387 e. The normalized spacial score (nSPS) is 23.7. The molecule has 0 aromatic carbocycles. The molecule has 3 rings (SSSR count). The van der Waals surface area contributed by atoms with Crippen LogP contribution in [-0.2, 0) is 0 Å². The average Bonchev–Trinajstić information content (AvgIpc) is 2.84. The van der Waals surface area contributed by atoms with Gasteiger partial charge in [-0.1, -0.05) is 0 Å². The van der Waals surface area contributed by atoms with Crippen LogP contribution >= 0.6 is 0 Å². The summed E-state index contributed by atoms with van der Waals surface area (Å²) in [4.78, 5) is 20.0. The van der Waals surface area contributed by atoms with E-state index in [1.807, 2.05) is 23.9 Å².